The lowest BCUT2D eigenvalue weighted by Gasteiger charge is -2.37. The Morgan fingerprint density at radius 1 is 1.37 bits per heavy atom. The Balaban J connectivity index is 1.75. The van der Waals surface area contributed by atoms with Crippen LogP contribution in [0.25, 0.3) is 16.6 Å². The lowest BCUT2D eigenvalue weighted by atomic mass is 10.1. The molecule has 8 nitrogen and oxygen atoms in total. The van der Waals surface area contributed by atoms with E-state index in [0.29, 0.717) is 38.6 Å². The van der Waals surface area contributed by atoms with Crippen molar-refractivity contribution < 1.29 is 14.6 Å². The first-order valence-corrected chi connectivity index (χ1v) is 8.99. The molecule has 1 amide bonds. The maximum atomic E-state index is 11.8. The number of H-pyrrole nitrogens is 1. The SMILES string of the molecule is CCOC(=O)N1CCN([C@H](C)/C(O)=C(\C#N)c2nc3ccccc3[nH]2)CC1. The predicted octanol–water partition coefficient (Wildman–Crippen LogP) is 2.52. The van der Waals surface area contributed by atoms with E-state index >= 15 is 0 Å². The third-order valence-electron chi connectivity index (χ3n) is 4.78. The number of aromatic nitrogens is 2. The van der Waals surface area contributed by atoms with Crippen LogP contribution in [-0.2, 0) is 4.74 Å². The highest BCUT2D eigenvalue weighted by Crippen LogP contribution is 2.22. The van der Waals surface area contributed by atoms with E-state index in [0.717, 1.165) is 11.0 Å². The quantitative estimate of drug-likeness (QED) is 0.634. The molecule has 2 N–H and O–H groups in total. The molecule has 1 saturated heterocycles. The number of benzene rings is 1. The first kappa shape index (κ1) is 18.7. The second kappa shape index (κ2) is 8.10. The zero-order chi connectivity index (χ0) is 19.4. The number of nitrogens with one attached hydrogen (secondary N) is 1. The highest BCUT2D eigenvalue weighted by molar-refractivity contribution is 5.83. The van der Waals surface area contributed by atoms with Crippen molar-refractivity contribution in [3.05, 3.63) is 35.8 Å². The van der Waals surface area contributed by atoms with Crippen LogP contribution in [0.1, 0.15) is 19.7 Å². The first-order valence-electron chi connectivity index (χ1n) is 8.99. The second-order valence-corrected chi connectivity index (χ2v) is 6.37. The summed E-state index contributed by atoms with van der Waals surface area (Å²) in [5.41, 5.74) is 1.68. The number of aromatic amines is 1. The van der Waals surface area contributed by atoms with Crippen molar-refractivity contribution in [1.29, 1.82) is 5.26 Å². The Hall–Kier alpha value is -3.05. The van der Waals surface area contributed by atoms with Gasteiger partial charge in [-0.2, -0.15) is 5.26 Å². The smallest absolute Gasteiger partial charge is 0.409 e. The number of imidazole rings is 1. The van der Waals surface area contributed by atoms with E-state index in [-0.39, 0.29) is 23.5 Å². The highest BCUT2D eigenvalue weighted by Gasteiger charge is 2.28. The molecule has 0 unspecified atom stereocenters. The van der Waals surface area contributed by atoms with Crippen LogP contribution in [0.2, 0.25) is 0 Å². The average molecular weight is 369 g/mol. The van der Waals surface area contributed by atoms with Crippen LogP contribution in [-0.4, -0.2) is 69.8 Å². The van der Waals surface area contributed by atoms with Gasteiger partial charge in [-0.3, -0.25) is 4.90 Å². The lowest BCUT2D eigenvalue weighted by Crippen LogP contribution is -2.51. The fourth-order valence-electron chi connectivity index (χ4n) is 3.19. The minimum Gasteiger partial charge on any atom is -0.509 e. The van der Waals surface area contributed by atoms with Crippen molar-refractivity contribution in [2.75, 3.05) is 32.8 Å². The lowest BCUT2D eigenvalue weighted by molar-refractivity contribution is 0.0678. The molecule has 1 fully saturated rings. The number of rotatable bonds is 4. The summed E-state index contributed by atoms with van der Waals surface area (Å²) in [7, 11) is 0. The summed E-state index contributed by atoms with van der Waals surface area (Å²) in [6, 6.07) is 9.17. The summed E-state index contributed by atoms with van der Waals surface area (Å²) in [4.78, 5) is 23.0. The van der Waals surface area contributed by atoms with Gasteiger partial charge < -0.3 is 19.7 Å². The van der Waals surface area contributed by atoms with E-state index in [1.54, 1.807) is 11.8 Å². The molecular weight excluding hydrogens is 346 g/mol. The normalized spacial score (nSPS) is 17.3. The summed E-state index contributed by atoms with van der Waals surface area (Å²) in [5, 5.41) is 20.3. The fraction of sp³-hybridized carbons (Fsp3) is 0.421. The van der Waals surface area contributed by atoms with Gasteiger partial charge in [-0.05, 0) is 26.0 Å². The monoisotopic (exact) mass is 369 g/mol. The molecule has 8 heteroatoms. The van der Waals surface area contributed by atoms with Crippen LogP contribution < -0.4 is 0 Å². The standard InChI is InChI=1S/C19H23N5O3/c1-3-27-19(26)24-10-8-23(9-11-24)13(2)17(25)14(12-20)18-21-15-6-4-5-7-16(15)22-18/h4-7,13,25H,3,8-11H2,1-2H3,(H,21,22)/b17-14-/t13-/m1/s1. The van der Waals surface area contributed by atoms with Crippen LogP contribution in [0.3, 0.4) is 0 Å². The second-order valence-electron chi connectivity index (χ2n) is 6.37. The number of para-hydroxylation sites is 2. The number of nitriles is 1. The fourth-order valence-corrected chi connectivity index (χ4v) is 3.19. The molecule has 1 aliphatic heterocycles. The van der Waals surface area contributed by atoms with Crippen LogP contribution in [0.5, 0.6) is 0 Å². The van der Waals surface area contributed by atoms with Crippen LogP contribution in [0, 0.1) is 11.3 Å². The van der Waals surface area contributed by atoms with Gasteiger partial charge in [0.25, 0.3) is 0 Å². The topological polar surface area (TPSA) is 105 Å². The van der Waals surface area contributed by atoms with Gasteiger partial charge >= 0.3 is 6.09 Å². The molecule has 0 saturated carbocycles. The molecule has 0 aliphatic carbocycles. The highest BCUT2D eigenvalue weighted by atomic mass is 16.6. The van der Waals surface area contributed by atoms with E-state index in [1.807, 2.05) is 36.1 Å². The molecule has 2 heterocycles. The van der Waals surface area contributed by atoms with Crippen molar-refractivity contribution in [3.8, 4) is 6.07 Å². The van der Waals surface area contributed by atoms with Gasteiger partial charge in [0.05, 0.1) is 23.7 Å². The van der Waals surface area contributed by atoms with Crippen molar-refractivity contribution in [1.82, 2.24) is 19.8 Å². The van der Waals surface area contributed by atoms with Crippen LogP contribution in [0.15, 0.2) is 30.0 Å². The van der Waals surface area contributed by atoms with Crippen LogP contribution in [0.4, 0.5) is 4.79 Å². The number of carbonyl (C=O) groups excluding carboxylic acids is 1. The van der Waals surface area contributed by atoms with Gasteiger partial charge in [0.1, 0.15) is 17.4 Å². The zero-order valence-electron chi connectivity index (χ0n) is 15.5. The summed E-state index contributed by atoms with van der Waals surface area (Å²) in [6.45, 7) is 6.18. The number of allylic oxidation sites excluding steroid dienone is 1. The molecule has 0 bridgehead atoms. The number of hydrogen-bond acceptors (Lipinski definition) is 6. The average Bonchev–Trinajstić information content (AvgIpc) is 3.12. The zero-order valence-corrected chi connectivity index (χ0v) is 15.5. The molecular formula is C19H23N5O3. The molecule has 1 aromatic heterocycles. The molecule has 0 spiro atoms. The van der Waals surface area contributed by atoms with Gasteiger partial charge in [-0.15, -0.1) is 0 Å². The van der Waals surface area contributed by atoms with Gasteiger partial charge in [-0.1, -0.05) is 12.1 Å². The van der Waals surface area contributed by atoms with E-state index in [1.165, 1.54) is 0 Å². The number of ether oxygens (including phenoxy) is 1. The Bertz CT molecular complexity index is 857. The maximum Gasteiger partial charge on any atom is 0.409 e. The van der Waals surface area contributed by atoms with E-state index in [4.69, 9.17) is 4.74 Å². The van der Waals surface area contributed by atoms with Crippen molar-refractivity contribution in [2.24, 2.45) is 0 Å². The molecule has 1 aliphatic rings. The Kier molecular flexibility index (Phi) is 5.62. The van der Waals surface area contributed by atoms with E-state index in [9.17, 15) is 15.2 Å². The minimum atomic E-state index is -0.364. The van der Waals surface area contributed by atoms with Crippen molar-refractivity contribution in [2.45, 2.75) is 19.9 Å². The number of nitrogens with zero attached hydrogens (tertiary/aromatic N) is 4. The van der Waals surface area contributed by atoms with Gasteiger partial charge in [0.2, 0.25) is 0 Å². The number of amides is 1. The maximum absolute atomic E-state index is 11.8. The molecule has 27 heavy (non-hydrogen) atoms. The third-order valence-corrected chi connectivity index (χ3v) is 4.78. The Morgan fingerprint density at radius 3 is 2.70 bits per heavy atom. The van der Waals surface area contributed by atoms with E-state index < -0.39 is 0 Å². The first-order chi connectivity index (χ1) is 13.0. The summed E-state index contributed by atoms with van der Waals surface area (Å²) < 4.78 is 5.02. The third kappa shape index (κ3) is 3.88. The molecule has 142 valence electrons. The van der Waals surface area contributed by atoms with E-state index in [2.05, 4.69) is 16.0 Å². The van der Waals surface area contributed by atoms with Gasteiger partial charge in [0.15, 0.2) is 5.82 Å². The summed E-state index contributed by atoms with van der Waals surface area (Å²) in [5.74, 6) is 0.328. The van der Waals surface area contributed by atoms with Gasteiger partial charge in [-0.25, -0.2) is 9.78 Å². The van der Waals surface area contributed by atoms with Crippen LogP contribution >= 0.6 is 0 Å². The molecule has 2 aromatic rings. The summed E-state index contributed by atoms with van der Waals surface area (Å²) in [6.07, 6.45) is -0.315. The largest absolute Gasteiger partial charge is 0.509 e. The number of aliphatic hydroxyl groups excluding tert-OH is 1. The minimum absolute atomic E-state index is 0.0267. The number of piperazine rings is 1. The number of carbonyl (C=O) groups is 1. The number of hydrogen-bond donors (Lipinski definition) is 2. The number of aliphatic hydroxyl groups is 1. The Labute approximate surface area is 157 Å². The Morgan fingerprint density at radius 2 is 2.07 bits per heavy atom. The molecule has 1 atom stereocenters. The van der Waals surface area contributed by atoms with Crippen molar-refractivity contribution in [3.63, 3.8) is 0 Å². The molecule has 0 radical (unpaired) electrons. The predicted molar refractivity (Wildman–Crippen MR) is 101 cm³/mol. The number of fused-ring (bicyclic) bond motifs is 1. The van der Waals surface area contributed by atoms with Gasteiger partial charge in [0, 0.05) is 26.2 Å². The molecule has 1 aromatic carbocycles. The molecule has 3 rings (SSSR count). The van der Waals surface area contributed by atoms with Crippen molar-refractivity contribution >= 4 is 22.7 Å². The summed E-state index contributed by atoms with van der Waals surface area (Å²) >= 11 is 0.